The zero-order valence-corrected chi connectivity index (χ0v) is 13.9. The van der Waals surface area contributed by atoms with Crippen LogP contribution in [0.4, 0.5) is 0 Å². The number of hydrogen-bond acceptors (Lipinski definition) is 1. The Hall–Kier alpha value is -1.57. The third-order valence-electron chi connectivity index (χ3n) is 6.04. The lowest BCUT2D eigenvalue weighted by atomic mass is 9.70. The van der Waals surface area contributed by atoms with Crippen LogP contribution in [0.5, 0.6) is 0 Å². The van der Waals surface area contributed by atoms with Gasteiger partial charge in [0.05, 0.1) is 5.54 Å². The molecule has 4 rings (SSSR count). The zero-order valence-electron chi connectivity index (χ0n) is 13.9. The highest BCUT2D eigenvalue weighted by atomic mass is 16.2. The maximum Gasteiger partial charge on any atom is 0.252 e. The Morgan fingerprint density at radius 2 is 1.86 bits per heavy atom. The lowest BCUT2D eigenvalue weighted by molar-refractivity contribution is -0.116. The van der Waals surface area contributed by atoms with E-state index in [4.69, 9.17) is 0 Å². The number of nitrogens with one attached hydrogen (secondary N) is 1. The standard InChI is InChI=1S/C20H25NO/c1-12-6-8-20(9-7-12)16-5-4-15-11-13(2)10-14(3)17(15)18(16)19(22)21-20/h10-12H,4-9H2,1-3H3,(H,21,22). The fourth-order valence-corrected chi connectivity index (χ4v) is 4.91. The highest BCUT2D eigenvalue weighted by molar-refractivity contribution is 6.24. The highest BCUT2D eigenvalue weighted by Gasteiger charge is 2.47. The van der Waals surface area contributed by atoms with Crippen molar-refractivity contribution in [1.82, 2.24) is 5.32 Å². The van der Waals surface area contributed by atoms with Crippen LogP contribution in [0, 0.1) is 19.8 Å². The highest BCUT2D eigenvalue weighted by Crippen LogP contribution is 2.48. The van der Waals surface area contributed by atoms with Crippen LogP contribution in [0.25, 0.3) is 5.57 Å². The number of benzene rings is 1. The molecule has 2 nitrogen and oxygen atoms in total. The van der Waals surface area contributed by atoms with Gasteiger partial charge in [-0.15, -0.1) is 0 Å². The van der Waals surface area contributed by atoms with Crippen molar-refractivity contribution in [2.45, 2.75) is 64.8 Å². The summed E-state index contributed by atoms with van der Waals surface area (Å²) in [6, 6.07) is 4.49. The van der Waals surface area contributed by atoms with Gasteiger partial charge in [0.25, 0.3) is 5.91 Å². The number of carbonyl (C=O) groups excluding carboxylic acids is 1. The first-order chi connectivity index (χ1) is 10.5. The van der Waals surface area contributed by atoms with Gasteiger partial charge in [0, 0.05) is 5.57 Å². The molecule has 0 saturated heterocycles. The van der Waals surface area contributed by atoms with Gasteiger partial charge in [-0.25, -0.2) is 0 Å². The van der Waals surface area contributed by atoms with Crippen molar-refractivity contribution in [3.63, 3.8) is 0 Å². The largest absolute Gasteiger partial charge is 0.343 e. The molecule has 22 heavy (non-hydrogen) atoms. The van der Waals surface area contributed by atoms with Gasteiger partial charge in [-0.3, -0.25) is 4.79 Å². The van der Waals surface area contributed by atoms with Crippen LogP contribution in [-0.4, -0.2) is 11.4 Å². The minimum Gasteiger partial charge on any atom is -0.343 e. The molecule has 1 N–H and O–H groups in total. The van der Waals surface area contributed by atoms with Gasteiger partial charge in [-0.05, 0) is 80.6 Å². The van der Waals surface area contributed by atoms with Gasteiger partial charge in [0.15, 0.2) is 0 Å². The quantitative estimate of drug-likeness (QED) is 0.767. The van der Waals surface area contributed by atoms with Gasteiger partial charge >= 0.3 is 0 Å². The lowest BCUT2D eigenvalue weighted by Gasteiger charge is -2.39. The number of carbonyl (C=O) groups is 1. The smallest absolute Gasteiger partial charge is 0.252 e. The third kappa shape index (κ3) is 1.89. The van der Waals surface area contributed by atoms with E-state index in [0.29, 0.717) is 0 Å². The molecule has 0 radical (unpaired) electrons. The summed E-state index contributed by atoms with van der Waals surface area (Å²) in [4.78, 5) is 12.8. The molecule has 3 aliphatic rings. The van der Waals surface area contributed by atoms with Crippen molar-refractivity contribution in [3.8, 4) is 0 Å². The molecule has 1 spiro atoms. The van der Waals surface area contributed by atoms with Crippen molar-refractivity contribution in [2.75, 3.05) is 0 Å². The van der Waals surface area contributed by atoms with E-state index < -0.39 is 0 Å². The van der Waals surface area contributed by atoms with Crippen LogP contribution in [0.1, 0.15) is 61.3 Å². The molecule has 2 heteroatoms. The Kier molecular flexibility index (Phi) is 3.01. The summed E-state index contributed by atoms with van der Waals surface area (Å²) in [6.45, 7) is 6.64. The molecular formula is C20H25NO. The summed E-state index contributed by atoms with van der Waals surface area (Å²) in [5, 5.41) is 3.40. The van der Waals surface area contributed by atoms with E-state index in [1.165, 1.54) is 40.7 Å². The van der Waals surface area contributed by atoms with Crippen LogP contribution >= 0.6 is 0 Å². The minimum absolute atomic E-state index is 0.0199. The van der Waals surface area contributed by atoms with Gasteiger partial charge in [0.1, 0.15) is 0 Å². The molecule has 0 atom stereocenters. The van der Waals surface area contributed by atoms with Crippen LogP contribution in [0.15, 0.2) is 17.7 Å². The Labute approximate surface area is 133 Å². The van der Waals surface area contributed by atoms with Crippen molar-refractivity contribution in [3.05, 3.63) is 40.0 Å². The first-order valence-electron chi connectivity index (χ1n) is 8.67. The molecular weight excluding hydrogens is 270 g/mol. The van der Waals surface area contributed by atoms with Gasteiger partial charge in [0.2, 0.25) is 0 Å². The number of rotatable bonds is 0. The number of fused-ring (bicyclic) bond motifs is 3. The Balaban J connectivity index is 1.86. The van der Waals surface area contributed by atoms with Crippen molar-refractivity contribution in [2.24, 2.45) is 5.92 Å². The second-order valence-corrected chi connectivity index (χ2v) is 7.69. The monoisotopic (exact) mass is 295 g/mol. The third-order valence-corrected chi connectivity index (χ3v) is 6.04. The van der Waals surface area contributed by atoms with Gasteiger partial charge in [-0.2, -0.15) is 0 Å². The molecule has 1 aromatic rings. The maximum atomic E-state index is 12.8. The molecule has 2 aliphatic carbocycles. The number of aryl methyl sites for hydroxylation is 3. The van der Waals surface area contributed by atoms with E-state index in [-0.39, 0.29) is 11.4 Å². The van der Waals surface area contributed by atoms with Crippen molar-refractivity contribution < 1.29 is 4.79 Å². The maximum absolute atomic E-state index is 12.8. The van der Waals surface area contributed by atoms with Crippen LogP contribution < -0.4 is 5.32 Å². The topological polar surface area (TPSA) is 29.1 Å². The number of amides is 1. The van der Waals surface area contributed by atoms with E-state index in [1.807, 2.05) is 0 Å². The fourth-order valence-electron chi connectivity index (χ4n) is 4.91. The van der Waals surface area contributed by atoms with E-state index >= 15 is 0 Å². The summed E-state index contributed by atoms with van der Waals surface area (Å²) >= 11 is 0. The molecule has 1 aromatic carbocycles. The first kappa shape index (κ1) is 14.0. The predicted octanol–water partition coefficient (Wildman–Crippen LogP) is 4.08. The summed E-state index contributed by atoms with van der Waals surface area (Å²) in [7, 11) is 0. The average Bonchev–Trinajstić information content (AvgIpc) is 2.75. The van der Waals surface area contributed by atoms with Gasteiger partial charge < -0.3 is 5.32 Å². The van der Waals surface area contributed by atoms with Crippen molar-refractivity contribution in [1.29, 1.82) is 0 Å². The van der Waals surface area contributed by atoms with E-state index in [9.17, 15) is 4.79 Å². The summed E-state index contributed by atoms with van der Waals surface area (Å²) in [6.07, 6.45) is 6.85. The molecule has 0 bridgehead atoms. The van der Waals surface area contributed by atoms with Crippen molar-refractivity contribution >= 4 is 11.5 Å². The molecule has 1 fully saturated rings. The molecule has 1 amide bonds. The molecule has 1 saturated carbocycles. The first-order valence-corrected chi connectivity index (χ1v) is 8.67. The SMILES string of the molecule is Cc1cc(C)c2c(c1)CCC1=C2C(=O)NC12CCC(C)CC2. The molecule has 116 valence electrons. The van der Waals surface area contributed by atoms with Gasteiger partial charge in [-0.1, -0.05) is 24.6 Å². The Morgan fingerprint density at radius 3 is 2.59 bits per heavy atom. The van der Waals surface area contributed by atoms with E-state index in [2.05, 4.69) is 38.2 Å². The second-order valence-electron chi connectivity index (χ2n) is 7.69. The van der Waals surface area contributed by atoms with Crippen LogP contribution in [0.2, 0.25) is 0 Å². The summed E-state index contributed by atoms with van der Waals surface area (Å²) in [5.74, 6) is 0.977. The van der Waals surface area contributed by atoms with Crippen LogP contribution in [0.3, 0.4) is 0 Å². The predicted molar refractivity (Wildman–Crippen MR) is 89.7 cm³/mol. The Morgan fingerprint density at radius 1 is 1.14 bits per heavy atom. The average molecular weight is 295 g/mol. The molecule has 1 aliphatic heterocycles. The molecule has 0 aromatic heterocycles. The molecule has 1 heterocycles. The van der Waals surface area contributed by atoms with E-state index in [1.54, 1.807) is 0 Å². The number of hydrogen-bond donors (Lipinski definition) is 1. The minimum atomic E-state index is -0.0199. The Bertz CT molecular complexity index is 690. The second kappa shape index (κ2) is 4.71. The van der Waals surface area contributed by atoms with E-state index in [0.717, 1.165) is 37.2 Å². The normalized spacial score (nSPS) is 30.3. The summed E-state index contributed by atoms with van der Waals surface area (Å²) in [5.41, 5.74) is 7.59. The molecule has 0 unspecified atom stereocenters. The summed E-state index contributed by atoms with van der Waals surface area (Å²) < 4.78 is 0. The fraction of sp³-hybridized carbons (Fsp3) is 0.550. The van der Waals surface area contributed by atoms with Crippen LogP contribution in [-0.2, 0) is 11.2 Å². The lowest BCUT2D eigenvalue weighted by Crippen LogP contribution is -2.47. The zero-order chi connectivity index (χ0) is 15.5.